The van der Waals surface area contributed by atoms with Crippen molar-refractivity contribution in [3.05, 3.63) is 5.01 Å². The number of carbonyl (C=O) groups is 1. The van der Waals surface area contributed by atoms with Crippen LogP contribution >= 0.6 is 11.3 Å². The summed E-state index contributed by atoms with van der Waals surface area (Å²) in [6.07, 6.45) is 6.86. The lowest BCUT2D eigenvalue weighted by Crippen LogP contribution is -2.39. The van der Waals surface area contributed by atoms with E-state index < -0.39 is 0 Å². The molecule has 0 bridgehead atoms. The Morgan fingerprint density at radius 3 is 3.16 bits per heavy atom. The average Bonchev–Trinajstić information content (AvgIpc) is 3.04. The lowest BCUT2D eigenvalue weighted by molar-refractivity contribution is 0.203. The van der Waals surface area contributed by atoms with Crippen molar-refractivity contribution in [2.45, 2.75) is 51.5 Å². The van der Waals surface area contributed by atoms with Gasteiger partial charge in [-0.1, -0.05) is 24.7 Å². The van der Waals surface area contributed by atoms with Gasteiger partial charge in [-0.15, -0.1) is 10.2 Å². The molecule has 1 N–H and O–H groups in total. The van der Waals surface area contributed by atoms with Crippen molar-refractivity contribution in [2.75, 3.05) is 11.9 Å². The molecule has 0 spiro atoms. The molecule has 2 aliphatic rings. The Hall–Kier alpha value is -1.17. The molecule has 6 heteroatoms. The van der Waals surface area contributed by atoms with Crippen molar-refractivity contribution in [1.29, 1.82) is 0 Å². The molecule has 0 aromatic carbocycles. The number of rotatable bonds is 3. The van der Waals surface area contributed by atoms with Crippen LogP contribution in [0, 0.1) is 5.92 Å². The standard InChI is InChI=1S/C13H20N4OS/c1-2-4-11-15-16-12(19-11)14-13(18)17-8-7-9-5-3-6-10(9)17/h9-10H,2-8H2,1H3,(H,14,16,18)/t9-,10-/m1/s1. The molecule has 1 aromatic heterocycles. The summed E-state index contributed by atoms with van der Waals surface area (Å²) in [6.45, 7) is 3.01. The van der Waals surface area contributed by atoms with Gasteiger partial charge in [-0.2, -0.15) is 0 Å². The molecule has 3 rings (SSSR count). The molecule has 5 nitrogen and oxygen atoms in total. The molecule has 104 valence electrons. The summed E-state index contributed by atoms with van der Waals surface area (Å²) in [6, 6.07) is 0.469. The first-order valence-electron chi connectivity index (χ1n) is 7.18. The predicted molar refractivity (Wildman–Crippen MR) is 75.4 cm³/mol. The number of likely N-dealkylation sites (tertiary alicyclic amines) is 1. The van der Waals surface area contributed by atoms with E-state index in [1.54, 1.807) is 0 Å². The normalized spacial score (nSPS) is 25.6. The van der Waals surface area contributed by atoms with E-state index in [1.807, 2.05) is 4.90 Å². The van der Waals surface area contributed by atoms with Gasteiger partial charge in [0.2, 0.25) is 5.13 Å². The van der Waals surface area contributed by atoms with Crippen LogP contribution in [0.15, 0.2) is 0 Å². The average molecular weight is 280 g/mol. The zero-order chi connectivity index (χ0) is 13.2. The summed E-state index contributed by atoms with van der Waals surface area (Å²) in [7, 11) is 0. The molecule has 2 atom stereocenters. The van der Waals surface area contributed by atoms with E-state index in [9.17, 15) is 4.79 Å². The summed E-state index contributed by atoms with van der Waals surface area (Å²) in [5, 5.41) is 12.7. The van der Waals surface area contributed by atoms with Crippen molar-refractivity contribution in [1.82, 2.24) is 15.1 Å². The molecule has 19 heavy (non-hydrogen) atoms. The van der Waals surface area contributed by atoms with Crippen molar-refractivity contribution in [2.24, 2.45) is 5.92 Å². The summed E-state index contributed by atoms with van der Waals surface area (Å²) in [5.74, 6) is 0.732. The number of anilines is 1. The number of urea groups is 1. The van der Waals surface area contributed by atoms with E-state index in [4.69, 9.17) is 0 Å². The maximum Gasteiger partial charge on any atom is 0.323 e. The Balaban J connectivity index is 1.61. The minimum absolute atomic E-state index is 0.00796. The van der Waals surface area contributed by atoms with Crippen LogP contribution < -0.4 is 5.32 Å². The summed E-state index contributed by atoms with van der Waals surface area (Å²) < 4.78 is 0. The van der Waals surface area contributed by atoms with Crippen LogP contribution in [-0.2, 0) is 6.42 Å². The Kier molecular flexibility index (Phi) is 3.68. The van der Waals surface area contributed by atoms with Crippen LogP contribution in [0.2, 0.25) is 0 Å². The number of aromatic nitrogens is 2. The van der Waals surface area contributed by atoms with E-state index >= 15 is 0 Å². The zero-order valence-corrected chi connectivity index (χ0v) is 12.1. The fraction of sp³-hybridized carbons (Fsp3) is 0.769. The number of carbonyl (C=O) groups excluding carboxylic acids is 1. The Bertz CT molecular complexity index is 461. The Labute approximate surface area is 117 Å². The van der Waals surface area contributed by atoms with Crippen molar-refractivity contribution >= 4 is 22.5 Å². The number of nitrogens with one attached hydrogen (secondary N) is 1. The second-order valence-electron chi connectivity index (χ2n) is 5.42. The number of fused-ring (bicyclic) bond motifs is 1. The first kappa shape index (κ1) is 12.8. The largest absolute Gasteiger partial charge is 0.323 e. The van der Waals surface area contributed by atoms with Crippen LogP contribution in [0.4, 0.5) is 9.93 Å². The maximum atomic E-state index is 12.3. The molecule has 1 saturated heterocycles. The molecule has 0 radical (unpaired) electrons. The van der Waals surface area contributed by atoms with Gasteiger partial charge < -0.3 is 4.90 Å². The van der Waals surface area contributed by atoms with E-state index in [-0.39, 0.29) is 6.03 Å². The van der Waals surface area contributed by atoms with Gasteiger partial charge in [-0.25, -0.2) is 4.79 Å². The molecule has 1 aliphatic heterocycles. The highest BCUT2D eigenvalue weighted by Crippen LogP contribution is 2.37. The fourth-order valence-corrected chi connectivity index (χ4v) is 4.10. The zero-order valence-electron chi connectivity index (χ0n) is 11.3. The van der Waals surface area contributed by atoms with Crippen molar-refractivity contribution in [3.63, 3.8) is 0 Å². The molecule has 1 saturated carbocycles. The summed E-state index contributed by atoms with van der Waals surface area (Å²) >= 11 is 1.49. The highest BCUT2D eigenvalue weighted by Gasteiger charge is 2.39. The smallest absolute Gasteiger partial charge is 0.321 e. The Morgan fingerprint density at radius 2 is 2.32 bits per heavy atom. The van der Waals surface area contributed by atoms with E-state index in [1.165, 1.54) is 24.2 Å². The van der Waals surface area contributed by atoms with Gasteiger partial charge in [0.05, 0.1) is 0 Å². The summed E-state index contributed by atoms with van der Waals surface area (Å²) in [5.41, 5.74) is 0. The van der Waals surface area contributed by atoms with Gasteiger partial charge >= 0.3 is 6.03 Å². The highest BCUT2D eigenvalue weighted by atomic mass is 32.1. The second kappa shape index (κ2) is 5.45. The molecule has 2 fully saturated rings. The molecule has 1 aliphatic carbocycles. The van der Waals surface area contributed by atoms with Gasteiger partial charge in [0.15, 0.2) is 0 Å². The molecular weight excluding hydrogens is 260 g/mol. The number of hydrogen-bond donors (Lipinski definition) is 1. The minimum atomic E-state index is 0.00796. The van der Waals surface area contributed by atoms with E-state index in [2.05, 4.69) is 22.4 Å². The first-order chi connectivity index (χ1) is 9.28. The third-order valence-corrected chi connectivity index (χ3v) is 5.06. The van der Waals surface area contributed by atoms with E-state index in [0.717, 1.165) is 43.2 Å². The molecular formula is C13H20N4OS. The van der Waals surface area contributed by atoms with Gasteiger partial charge in [-0.05, 0) is 31.6 Å². The monoisotopic (exact) mass is 280 g/mol. The van der Waals surface area contributed by atoms with Crippen molar-refractivity contribution < 1.29 is 4.79 Å². The topological polar surface area (TPSA) is 58.1 Å². The van der Waals surface area contributed by atoms with Gasteiger partial charge in [-0.3, -0.25) is 5.32 Å². The molecule has 2 amide bonds. The van der Waals surface area contributed by atoms with Crippen LogP contribution in [0.5, 0.6) is 0 Å². The summed E-state index contributed by atoms with van der Waals surface area (Å²) in [4.78, 5) is 14.3. The maximum absolute atomic E-state index is 12.3. The molecule has 0 unspecified atom stereocenters. The highest BCUT2D eigenvalue weighted by molar-refractivity contribution is 7.15. The quantitative estimate of drug-likeness (QED) is 0.926. The Morgan fingerprint density at radius 1 is 1.42 bits per heavy atom. The molecule has 2 heterocycles. The van der Waals surface area contributed by atoms with Crippen LogP contribution in [0.3, 0.4) is 0 Å². The van der Waals surface area contributed by atoms with Gasteiger partial charge in [0, 0.05) is 19.0 Å². The fourth-order valence-electron chi connectivity index (χ4n) is 3.27. The lowest BCUT2D eigenvalue weighted by Gasteiger charge is -2.23. The number of nitrogens with zero attached hydrogens (tertiary/aromatic N) is 3. The third-order valence-electron chi connectivity index (χ3n) is 4.17. The SMILES string of the molecule is CCCc1nnc(NC(=O)N2CC[C@H]3CCC[C@H]32)s1. The number of aryl methyl sites for hydroxylation is 1. The van der Waals surface area contributed by atoms with Crippen LogP contribution in [-0.4, -0.2) is 33.7 Å². The minimum Gasteiger partial charge on any atom is -0.321 e. The number of hydrogen-bond acceptors (Lipinski definition) is 4. The van der Waals surface area contributed by atoms with Gasteiger partial charge in [0.25, 0.3) is 0 Å². The first-order valence-corrected chi connectivity index (χ1v) is 7.99. The van der Waals surface area contributed by atoms with E-state index in [0.29, 0.717) is 11.2 Å². The van der Waals surface area contributed by atoms with Crippen LogP contribution in [0.25, 0.3) is 0 Å². The predicted octanol–water partition coefficient (Wildman–Crippen LogP) is 2.90. The second-order valence-corrected chi connectivity index (χ2v) is 6.48. The van der Waals surface area contributed by atoms with Crippen LogP contribution in [0.1, 0.15) is 44.0 Å². The van der Waals surface area contributed by atoms with Crippen molar-refractivity contribution in [3.8, 4) is 0 Å². The van der Waals surface area contributed by atoms with Gasteiger partial charge in [0.1, 0.15) is 5.01 Å². The molecule has 1 aromatic rings. The third kappa shape index (κ3) is 2.59. The lowest BCUT2D eigenvalue weighted by atomic mass is 10.1. The number of amides is 2.